The van der Waals surface area contributed by atoms with Crippen molar-refractivity contribution in [3.63, 3.8) is 0 Å². The minimum Gasteiger partial charge on any atom is -0.494 e. The van der Waals surface area contributed by atoms with Gasteiger partial charge in [0.15, 0.2) is 0 Å². The summed E-state index contributed by atoms with van der Waals surface area (Å²) in [5.74, 6) is 0.773. The summed E-state index contributed by atoms with van der Waals surface area (Å²) in [5.41, 5.74) is 1.57. The molecular weight excluding hydrogens is 280 g/mol. The topological polar surface area (TPSA) is 70.6 Å². The Bertz CT molecular complexity index is 499. The molecule has 1 aromatic carbocycles. The first-order valence-electron chi connectivity index (χ1n) is 7.70. The molecule has 0 radical (unpaired) electrons. The fourth-order valence-corrected chi connectivity index (χ4v) is 2.36. The number of rotatable bonds is 7. The molecule has 0 bridgehead atoms. The van der Waals surface area contributed by atoms with Crippen molar-refractivity contribution < 1.29 is 14.6 Å². The summed E-state index contributed by atoms with van der Waals surface area (Å²) in [5, 5.41) is 15.1. The zero-order chi connectivity index (χ0) is 16.8. The van der Waals surface area contributed by atoms with E-state index in [0.29, 0.717) is 25.3 Å². The van der Waals surface area contributed by atoms with Gasteiger partial charge in [0.1, 0.15) is 5.75 Å². The average molecular weight is 308 g/mol. The largest absolute Gasteiger partial charge is 0.494 e. The number of urea groups is 1. The fraction of sp³-hybridized carbons (Fsp3) is 0.588. The molecule has 1 atom stereocenters. The summed E-state index contributed by atoms with van der Waals surface area (Å²) in [7, 11) is 0. The lowest BCUT2D eigenvalue weighted by atomic mass is 9.87. The SMILES string of the molecule is CCOc1cc(NC(=O)NCC(C)(C)C[C@H](C)O)ccc1C. The molecule has 2 amide bonds. The molecule has 5 heteroatoms. The van der Waals surface area contributed by atoms with E-state index >= 15 is 0 Å². The number of aliphatic hydroxyl groups is 1. The second-order valence-corrected chi connectivity index (χ2v) is 6.44. The Labute approximate surface area is 133 Å². The first kappa shape index (κ1) is 18.3. The van der Waals surface area contributed by atoms with Gasteiger partial charge in [-0.15, -0.1) is 0 Å². The minimum atomic E-state index is -0.384. The molecule has 124 valence electrons. The third-order valence-electron chi connectivity index (χ3n) is 3.32. The molecule has 0 aliphatic carbocycles. The van der Waals surface area contributed by atoms with Crippen molar-refractivity contribution in [2.24, 2.45) is 5.41 Å². The van der Waals surface area contributed by atoms with Crippen LogP contribution in [0.4, 0.5) is 10.5 Å². The van der Waals surface area contributed by atoms with Crippen LogP contribution in [0.15, 0.2) is 18.2 Å². The van der Waals surface area contributed by atoms with Crippen molar-refractivity contribution in [1.29, 1.82) is 0 Å². The highest BCUT2D eigenvalue weighted by atomic mass is 16.5. The van der Waals surface area contributed by atoms with Crippen LogP contribution in [0.3, 0.4) is 0 Å². The van der Waals surface area contributed by atoms with Crippen LogP contribution in [0.2, 0.25) is 0 Å². The number of ether oxygens (including phenoxy) is 1. The van der Waals surface area contributed by atoms with Crippen molar-refractivity contribution >= 4 is 11.7 Å². The average Bonchev–Trinajstić information content (AvgIpc) is 2.39. The molecule has 0 aliphatic rings. The van der Waals surface area contributed by atoms with Crippen LogP contribution in [0.1, 0.15) is 39.7 Å². The van der Waals surface area contributed by atoms with Gasteiger partial charge in [-0.1, -0.05) is 19.9 Å². The number of hydrogen-bond acceptors (Lipinski definition) is 3. The predicted octanol–water partition coefficient (Wildman–Crippen LogP) is 3.31. The second kappa shape index (κ2) is 8.03. The number of aryl methyl sites for hydroxylation is 1. The van der Waals surface area contributed by atoms with Crippen LogP contribution in [0.5, 0.6) is 5.75 Å². The summed E-state index contributed by atoms with van der Waals surface area (Å²) in [6.45, 7) is 10.8. The fourth-order valence-electron chi connectivity index (χ4n) is 2.36. The van der Waals surface area contributed by atoms with Gasteiger partial charge in [-0.3, -0.25) is 0 Å². The van der Waals surface area contributed by atoms with Crippen LogP contribution in [-0.4, -0.2) is 30.4 Å². The molecule has 0 heterocycles. The van der Waals surface area contributed by atoms with Gasteiger partial charge < -0.3 is 20.5 Å². The van der Waals surface area contributed by atoms with Gasteiger partial charge in [0, 0.05) is 18.3 Å². The lowest BCUT2D eigenvalue weighted by Crippen LogP contribution is -2.38. The van der Waals surface area contributed by atoms with Crippen molar-refractivity contribution in [3.05, 3.63) is 23.8 Å². The number of anilines is 1. The number of carbonyl (C=O) groups excluding carboxylic acids is 1. The first-order valence-corrected chi connectivity index (χ1v) is 7.70. The first-order chi connectivity index (χ1) is 10.2. The minimum absolute atomic E-state index is 0.157. The summed E-state index contributed by atoms with van der Waals surface area (Å²) in [6.07, 6.45) is 0.248. The number of carbonyl (C=O) groups is 1. The number of aliphatic hydroxyl groups excluding tert-OH is 1. The van der Waals surface area contributed by atoms with E-state index in [-0.39, 0.29) is 17.6 Å². The Morgan fingerprint density at radius 1 is 1.41 bits per heavy atom. The van der Waals surface area contributed by atoms with Gasteiger partial charge in [0.2, 0.25) is 0 Å². The highest BCUT2D eigenvalue weighted by Gasteiger charge is 2.21. The number of amides is 2. The van der Waals surface area contributed by atoms with E-state index in [0.717, 1.165) is 11.3 Å². The number of benzene rings is 1. The lowest BCUT2D eigenvalue weighted by Gasteiger charge is -2.26. The van der Waals surface area contributed by atoms with Gasteiger partial charge in [0.05, 0.1) is 12.7 Å². The predicted molar refractivity (Wildman–Crippen MR) is 89.4 cm³/mol. The normalized spacial score (nSPS) is 12.6. The lowest BCUT2D eigenvalue weighted by molar-refractivity contribution is 0.129. The zero-order valence-corrected chi connectivity index (χ0v) is 14.2. The molecule has 0 saturated carbocycles. The van der Waals surface area contributed by atoms with Crippen molar-refractivity contribution in [2.75, 3.05) is 18.5 Å². The van der Waals surface area contributed by atoms with E-state index in [4.69, 9.17) is 4.74 Å². The smallest absolute Gasteiger partial charge is 0.319 e. The molecule has 0 spiro atoms. The van der Waals surface area contributed by atoms with E-state index < -0.39 is 0 Å². The molecule has 3 N–H and O–H groups in total. The Hall–Kier alpha value is -1.75. The second-order valence-electron chi connectivity index (χ2n) is 6.44. The van der Waals surface area contributed by atoms with Crippen LogP contribution < -0.4 is 15.4 Å². The van der Waals surface area contributed by atoms with Crippen LogP contribution in [0.25, 0.3) is 0 Å². The van der Waals surface area contributed by atoms with E-state index in [9.17, 15) is 9.90 Å². The van der Waals surface area contributed by atoms with Gasteiger partial charge in [-0.05, 0) is 44.2 Å². The highest BCUT2D eigenvalue weighted by molar-refractivity contribution is 5.89. The third kappa shape index (κ3) is 6.35. The van der Waals surface area contributed by atoms with Crippen LogP contribution in [0, 0.1) is 12.3 Å². The summed E-state index contributed by atoms with van der Waals surface area (Å²) >= 11 is 0. The maximum absolute atomic E-state index is 12.0. The highest BCUT2D eigenvalue weighted by Crippen LogP contribution is 2.23. The maximum Gasteiger partial charge on any atom is 0.319 e. The monoisotopic (exact) mass is 308 g/mol. The molecular formula is C17H28N2O3. The summed E-state index contributed by atoms with van der Waals surface area (Å²) in [4.78, 5) is 12.0. The molecule has 1 aromatic rings. The van der Waals surface area contributed by atoms with Crippen molar-refractivity contribution in [3.8, 4) is 5.75 Å². The van der Waals surface area contributed by atoms with Crippen molar-refractivity contribution in [2.45, 2.75) is 47.1 Å². The molecule has 0 aromatic heterocycles. The van der Waals surface area contributed by atoms with E-state index in [1.165, 1.54) is 0 Å². The third-order valence-corrected chi connectivity index (χ3v) is 3.32. The molecule has 1 rings (SSSR count). The molecule has 5 nitrogen and oxygen atoms in total. The van der Waals surface area contributed by atoms with E-state index in [1.54, 1.807) is 6.92 Å². The molecule has 0 aliphatic heterocycles. The van der Waals surface area contributed by atoms with Gasteiger partial charge in [-0.2, -0.15) is 0 Å². The van der Waals surface area contributed by atoms with Crippen LogP contribution in [-0.2, 0) is 0 Å². The molecule has 0 unspecified atom stereocenters. The van der Waals surface area contributed by atoms with E-state index in [1.807, 2.05) is 45.9 Å². The van der Waals surface area contributed by atoms with Gasteiger partial charge in [0.25, 0.3) is 0 Å². The van der Waals surface area contributed by atoms with E-state index in [2.05, 4.69) is 10.6 Å². The number of nitrogens with one attached hydrogen (secondary N) is 2. The Kier molecular flexibility index (Phi) is 6.68. The Morgan fingerprint density at radius 2 is 2.09 bits per heavy atom. The standard InChI is InChI=1S/C17H28N2O3/c1-6-22-15-9-14(8-7-12(15)2)19-16(21)18-11-17(4,5)10-13(3)20/h7-9,13,20H,6,10-11H2,1-5H3,(H2,18,19,21)/t13-/m0/s1. The van der Waals surface area contributed by atoms with Gasteiger partial charge in [-0.25, -0.2) is 4.79 Å². The zero-order valence-electron chi connectivity index (χ0n) is 14.2. The number of hydrogen-bond donors (Lipinski definition) is 3. The summed E-state index contributed by atoms with van der Waals surface area (Å²) < 4.78 is 5.52. The molecule has 0 fully saturated rings. The summed E-state index contributed by atoms with van der Waals surface area (Å²) in [6, 6.07) is 5.32. The van der Waals surface area contributed by atoms with Gasteiger partial charge >= 0.3 is 6.03 Å². The molecule has 0 saturated heterocycles. The van der Waals surface area contributed by atoms with Crippen molar-refractivity contribution in [1.82, 2.24) is 5.32 Å². The Morgan fingerprint density at radius 3 is 2.68 bits per heavy atom. The Balaban J connectivity index is 2.57. The quantitative estimate of drug-likeness (QED) is 0.723. The maximum atomic E-state index is 12.0. The van der Waals surface area contributed by atoms with Crippen LogP contribution >= 0.6 is 0 Å². The molecule has 22 heavy (non-hydrogen) atoms.